The Morgan fingerprint density at radius 1 is 0.467 bits per heavy atom. The Morgan fingerprint density at radius 3 is 1.33 bits per heavy atom. The van der Waals surface area contributed by atoms with E-state index in [-0.39, 0.29) is 0 Å². The molecule has 0 aliphatic carbocycles. The zero-order valence-electron chi connectivity index (χ0n) is 21.2. The molecule has 0 fully saturated rings. The summed E-state index contributed by atoms with van der Waals surface area (Å²) in [6.45, 7) is 9.30. The lowest BCUT2D eigenvalue weighted by atomic mass is 10.0. The van der Waals surface area contributed by atoms with Crippen LogP contribution in [0.25, 0.3) is 0 Å². The molecule has 0 saturated carbocycles. The van der Waals surface area contributed by atoms with Gasteiger partial charge in [0.2, 0.25) is 0 Å². The molecule has 30 heavy (non-hydrogen) atoms. The second kappa shape index (κ2) is 20.3. The van der Waals surface area contributed by atoms with Crippen molar-refractivity contribution in [3.8, 4) is 0 Å². The van der Waals surface area contributed by atoms with Crippen molar-refractivity contribution in [1.82, 2.24) is 9.80 Å². The minimum atomic E-state index is 0.638. The van der Waals surface area contributed by atoms with E-state index in [9.17, 15) is 0 Å². The van der Waals surface area contributed by atoms with Crippen LogP contribution >= 0.6 is 0 Å². The summed E-state index contributed by atoms with van der Waals surface area (Å²) in [7, 11) is 0. The van der Waals surface area contributed by atoms with E-state index in [0.717, 1.165) is 6.54 Å². The van der Waals surface area contributed by atoms with Crippen LogP contribution in [0.5, 0.6) is 0 Å². The normalized spacial score (nSPS) is 16.2. The fourth-order valence-electron chi connectivity index (χ4n) is 4.85. The Kier molecular flexibility index (Phi) is 18.5. The molecular weight excluding hydrogens is 364 g/mol. The van der Waals surface area contributed by atoms with Crippen molar-refractivity contribution < 1.29 is 0 Å². The van der Waals surface area contributed by atoms with Crippen molar-refractivity contribution in [3.63, 3.8) is 0 Å². The summed E-state index contributed by atoms with van der Waals surface area (Å²) >= 11 is 0. The third-order valence-corrected chi connectivity index (χ3v) is 6.92. The molecule has 0 spiro atoms. The average Bonchev–Trinajstić information content (AvgIpc) is 3.15. The fraction of sp³-hybridized carbons (Fsp3) is 0.929. The van der Waals surface area contributed by atoms with Crippen LogP contribution in [0.2, 0.25) is 0 Å². The lowest BCUT2D eigenvalue weighted by molar-refractivity contribution is 0.142. The maximum absolute atomic E-state index is 2.63. The maximum Gasteiger partial charge on any atom is 0.101 e. The van der Waals surface area contributed by atoms with Gasteiger partial charge in [0.05, 0.1) is 0 Å². The molecule has 178 valence electrons. The van der Waals surface area contributed by atoms with E-state index in [1.54, 1.807) is 0 Å². The van der Waals surface area contributed by atoms with Crippen LogP contribution in [0.15, 0.2) is 12.4 Å². The smallest absolute Gasteiger partial charge is 0.101 e. The lowest BCUT2D eigenvalue weighted by Crippen LogP contribution is -2.38. The molecule has 2 nitrogen and oxygen atoms in total. The number of unbranched alkanes of at least 4 members (excludes halogenated alkanes) is 17. The first kappa shape index (κ1) is 27.4. The van der Waals surface area contributed by atoms with E-state index in [2.05, 4.69) is 43.0 Å². The molecule has 1 aliphatic rings. The monoisotopic (exact) mass is 420 g/mol. The highest BCUT2D eigenvalue weighted by Gasteiger charge is 2.23. The second-order valence-corrected chi connectivity index (χ2v) is 9.65. The van der Waals surface area contributed by atoms with Crippen LogP contribution in [0.4, 0.5) is 0 Å². The zero-order chi connectivity index (χ0) is 21.7. The van der Waals surface area contributed by atoms with Crippen LogP contribution in [-0.2, 0) is 0 Å². The molecule has 0 aromatic heterocycles. The van der Waals surface area contributed by atoms with Crippen LogP contribution in [0.1, 0.15) is 149 Å². The number of nitrogens with zero attached hydrogens (tertiary/aromatic N) is 2. The van der Waals surface area contributed by atoms with Crippen LogP contribution in [0.3, 0.4) is 0 Å². The molecule has 2 heteroatoms. The van der Waals surface area contributed by atoms with Crippen molar-refractivity contribution in [1.29, 1.82) is 0 Å². The highest BCUT2D eigenvalue weighted by Crippen LogP contribution is 2.22. The topological polar surface area (TPSA) is 6.48 Å². The van der Waals surface area contributed by atoms with Crippen LogP contribution < -0.4 is 0 Å². The molecule has 0 amide bonds. The molecule has 1 unspecified atom stereocenters. The van der Waals surface area contributed by atoms with E-state index in [0.29, 0.717) is 6.17 Å². The first-order valence-corrected chi connectivity index (χ1v) is 14.0. The highest BCUT2D eigenvalue weighted by molar-refractivity contribution is 4.96. The van der Waals surface area contributed by atoms with Crippen molar-refractivity contribution >= 4 is 0 Å². The van der Waals surface area contributed by atoms with Gasteiger partial charge < -0.3 is 9.80 Å². The van der Waals surface area contributed by atoms with Gasteiger partial charge in [-0.3, -0.25) is 0 Å². The summed E-state index contributed by atoms with van der Waals surface area (Å²) in [5, 5.41) is 0. The highest BCUT2D eigenvalue weighted by atomic mass is 15.4. The van der Waals surface area contributed by atoms with E-state index in [4.69, 9.17) is 0 Å². The molecule has 1 atom stereocenters. The molecule has 1 rings (SSSR count). The van der Waals surface area contributed by atoms with Gasteiger partial charge in [-0.1, -0.05) is 123 Å². The summed E-state index contributed by atoms with van der Waals surface area (Å²) in [6.07, 6.45) is 33.9. The summed E-state index contributed by atoms with van der Waals surface area (Å²) in [6, 6.07) is 0. The zero-order valence-corrected chi connectivity index (χ0v) is 21.2. The first-order valence-electron chi connectivity index (χ1n) is 14.0. The molecule has 1 heterocycles. The SMILES string of the molecule is CCCCCCCCCCCCCCCCN1C=CN(CC)C1CCCCCCC. The van der Waals surface area contributed by atoms with Gasteiger partial charge in [0.15, 0.2) is 0 Å². The summed E-state index contributed by atoms with van der Waals surface area (Å²) in [4.78, 5) is 5.17. The van der Waals surface area contributed by atoms with Gasteiger partial charge in [-0.15, -0.1) is 0 Å². The Labute approximate surface area is 190 Å². The van der Waals surface area contributed by atoms with Gasteiger partial charge in [0.1, 0.15) is 6.17 Å². The predicted molar refractivity (Wildman–Crippen MR) is 136 cm³/mol. The fourth-order valence-corrected chi connectivity index (χ4v) is 4.85. The maximum atomic E-state index is 2.63. The van der Waals surface area contributed by atoms with E-state index >= 15 is 0 Å². The van der Waals surface area contributed by atoms with Gasteiger partial charge in [-0.25, -0.2) is 0 Å². The molecular formula is C28H56N2. The standard InChI is InChI=1S/C28H56N2/c1-4-7-9-11-12-13-14-15-16-17-18-19-21-23-25-30-27-26-29(6-3)28(30)24-22-20-10-8-5-2/h26-28H,4-25H2,1-3H3. The largest absolute Gasteiger partial charge is 0.356 e. The molecule has 0 radical (unpaired) electrons. The predicted octanol–water partition coefficient (Wildman–Crippen LogP) is 9.26. The van der Waals surface area contributed by atoms with E-state index < -0.39 is 0 Å². The summed E-state index contributed by atoms with van der Waals surface area (Å²) < 4.78 is 0. The molecule has 0 N–H and O–H groups in total. The minimum absolute atomic E-state index is 0.638. The molecule has 0 saturated heterocycles. The third kappa shape index (κ3) is 13.6. The van der Waals surface area contributed by atoms with Gasteiger partial charge in [0, 0.05) is 25.5 Å². The minimum Gasteiger partial charge on any atom is -0.356 e. The first-order chi connectivity index (χ1) is 14.8. The Balaban J connectivity index is 1.96. The van der Waals surface area contributed by atoms with E-state index in [1.165, 1.54) is 135 Å². The van der Waals surface area contributed by atoms with Gasteiger partial charge >= 0.3 is 0 Å². The van der Waals surface area contributed by atoms with Gasteiger partial charge in [0.25, 0.3) is 0 Å². The second-order valence-electron chi connectivity index (χ2n) is 9.65. The lowest BCUT2D eigenvalue weighted by Gasteiger charge is -2.32. The Hall–Kier alpha value is -0.660. The molecule has 0 aromatic rings. The third-order valence-electron chi connectivity index (χ3n) is 6.92. The van der Waals surface area contributed by atoms with Crippen molar-refractivity contribution in [2.45, 2.75) is 155 Å². The van der Waals surface area contributed by atoms with Gasteiger partial charge in [-0.05, 0) is 26.2 Å². The summed E-state index contributed by atoms with van der Waals surface area (Å²) in [5.74, 6) is 0. The molecule has 1 aliphatic heterocycles. The van der Waals surface area contributed by atoms with Gasteiger partial charge in [-0.2, -0.15) is 0 Å². The molecule has 0 aromatic carbocycles. The molecule has 0 bridgehead atoms. The number of rotatable bonds is 22. The average molecular weight is 421 g/mol. The number of hydrogen-bond donors (Lipinski definition) is 0. The van der Waals surface area contributed by atoms with E-state index in [1.807, 2.05) is 0 Å². The van der Waals surface area contributed by atoms with Crippen LogP contribution in [-0.4, -0.2) is 29.1 Å². The summed E-state index contributed by atoms with van der Waals surface area (Å²) in [5.41, 5.74) is 0. The van der Waals surface area contributed by atoms with Crippen molar-refractivity contribution in [3.05, 3.63) is 12.4 Å². The quantitative estimate of drug-likeness (QED) is 0.161. The van der Waals surface area contributed by atoms with Crippen LogP contribution in [0, 0.1) is 0 Å². The van der Waals surface area contributed by atoms with Crippen molar-refractivity contribution in [2.75, 3.05) is 13.1 Å². The Bertz CT molecular complexity index is 379. The van der Waals surface area contributed by atoms with Crippen molar-refractivity contribution in [2.24, 2.45) is 0 Å². The number of hydrogen-bond acceptors (Lipinski definition) is 2. The Morgan fingerprint density at radius 2 is 0.867 bits per heavy atom.